The third-order valence-corrected chi connectivity index (χ3v) is 1.35. The first-order chi connectivity index (χ1) is 5.22. The average Bonchev–Trinajstić information content (AvgIpc) is 1.85. The molecule has 1 aromatic carbocycles. The summed E-state index contributed by atoms with van der Waals surface area (Å²) in [6.45, 7) is 4.46. The molecule has 1 rings (SSSR count). The summed E-state index contributed by atoms with van der Waals surface area (Å²) in [7, 11) is 0. The zero-order valence-electron chi connectivity index (χ0n) is 6.79. The molecule has 0 radical (unpaired) electrons. The number of ether oxygens (including phenoxy) is 1. The highest BCUT2D eigenvalue weighted by Gasteiger charge is 1.95. The minimum absolute atomic E-state index is 0.258. The zero-order valence-corrected chi connectivity index (χ0v) is 6.79. The fourth-order valence-electron chi connectivity index (χ4n) is 0.978. The maximum Gasteiger partial charge on any atom is 0.123 e. The van der Waals surface area contributed by atoms with Gasteiger partial charge in [0.2, 0.25) is 0 Å². The van der Waals surface area contributed by atoms with E-state index < -0.39 is 0 Å². The van der Waals surface area contributed by atoms with Crippen molar-refractivity contribution < 1.29 is 9.84 Å². The van der Waals surface area contributed by atoms with E-state index in [1.54, 1.807) is 12.1 Å². The predicted octanol–water partition coefficient (Wildman–Crippen LogP) is 2.10. The zero-order chi connectivity index (χ0) is 8.27. The van der Waals surface area contributed by atoms with E-state index in [9.17, 15) is 0 Å². The van der Waals surface area contributed by atoms with E-state index in [1.165, 1.54) is 0 Å². The molecule has 0 aliphatic rings. The van der Waals surface area contributed by atoms with Crippen molar-refractivity contribution in [2.24, 2.45) is 0 Å². The third kappa shape index (κ3) is 2.15. The molecule has 2 nitrogen and oxygen atoms in total. The Kier molecular flexibility index (Phi) is 2.36. The second kappa shape index (κ2) is 3.28. The van der Waals surface area contributed by atoms with Crippen molar-refractivity contribution in [2.75, 3.05) is 6.61 Å². The maximum absolute atomic E-state index is 9.14. The Morgan fingerprint density at radius 3 is 2.64 bits per heavy atom. The number of phenols is 1. The Hall–Kier alpha value is -1.18. The van der Waals surface area contributed by atoms with Crippen LogP contribution in [0.1, 0.15) is 12.5 Å². The van der Waals surface area contributed by atoms with E-state index in [1.807, 2.05) is 19.9 Å². The lowest BCUT2D eigenvalue weighted by Crippen LogP contribution is -1.91. The molecule has 0 fully saturated rings. The molecule has 1 N–H and O–H groups in total. The molecule has 0 amide bonds. The van der Waals surface area contributed by atoms with E-state index in [4.69, 9.17) is 9.84 Å². The Morgan fingerprint density at radius 2 is 2.09 bits per heavy atom. The normalized spacial score (nSPS) is 9.64. The summed E-state index contributed by atoms with van der Waals surface area (Å²) >= 11 is 0. The standard InChI is InChI=1S/C9H12O2/c1-3-11-9-5-7(2)4-8(10)6-9/h4-6,10H,3H2,1-2H3. The summed E-state index contributed by atoms with van der Waals surface area (Å²) in [6, 6.07) is 5.20. The highest BCUT2D eigenvalue weighted by Crippen LogP contribution is 2.20. The summed E-state index contributed by atoms with van der Waals surface area (Å²) in [4.78, 5) is 0. The first-order valence-corrected chi connectivity index (χ1v) is 3.66. The quantitative estimate of drug-likeness (QED) is 0.703. The van der Waals surface area contributed by atoms with Gasteiger partial charge in [0.25, 0.3) is 0 Å². The van der Waals surface area contributed by atoms with E-state index in [-0.39, 0.29) is 5.75 Å². The SMILES string of the molecule is CCOc1cc(C)cc(O)c1. The van der Waals surface area contributed by atoms with Crippen LogP contribution in [0.4, 0.5) is 0 Å². The smallest absolute Gasteiger partial charge is 0.123 e. The molecular formula is C9H12O2. The monoisotopic (exact) mass is 152 g/mol. The van der Waals surface area contributed by atoms with Gasteiger partial charge in [0.15, 0.2) is 0 Å². The van der Waals surface area contributed by atoms with Crippen LogP contribution in [0.5, 0.6) is 11.5 Å². The predicted molar refractivity (Wildman–Crippen MR) is 44.0 cm³/mol. The molecule has 2 heteroatoms. The van der Waals surface area contributed by atoms with Crippen molar-refractivity contribution in [3.05, 3.63) is 23.8 Å². The molecule has 0 bridgehead atoms. The number of hydrogen-bond acceptors (Lipinski definition) is 2. The Bertz CT molecular complexity index is 223. The number of hydrogen-bond donors (Lipinski definition) is 1. The van der Waals surface area contributed by atoms with Crippen LogP contribution in [-0.4, -0.2) is 11.7 Å². The molecule has 0 atom stereocenters. The number of aryl methyl sites for hydroxylation is 1. The van der Waals surface area contributed by atoms with E-state index >= 15 is 0 Å². The number of rotatable bonds is 2. The summed E-state index contributed by atoms with van der Waals surface area (Å²) < 4.78 is 5.21. The molecule has 60 valence electrons. The molecule has 11 heavy (non-hydrogen) atoms. The Labute approximate surface area is 66.4 Å². The second-order valence-electron chi connectivity index (χ2n) is 2.44. The lowest BCUT2D eigenvalue weighted by molar-refractivity contribution is 0.337. The van der Waals surface area contributed by atoms with Crippen molar-refractivity contribution in [3.8, 4) is 11.5 Å². The van der Waals surface area contributed by atoms with Crippen LogP contribution in [0.25, 0.3) is 0 Å². The van der Waals surface area contributed by atoms with Crippen LogP contribution < -0.4 is 4.74 Å². The molecular weight excluding hydrogens is 140 g/mol. The summed E-state index contributed by atoms with van der Waals surface area (Å²) in [5, 5.41) is 9.14. The number of phenolic OH excluding ortho intramolecular Hbond substituents is 1. The second-order valence-corrected chi connectivity index (χ2v) is 2.44. The van der Waals surface area contributed by atoms with Gasteiger partial charge in [-0.2, -0.15) is 0 Å². The summed E-state index contributed by atoms with van der Waals surface area (Å²) in [5.74, 6) is 0.985. The van der Waals surface area contributed by atoms with Crippen LogP contribution in [0.15, 0.2) is 18.2 Å². The van der Waals surface area contributed by atoms with Gasteiger partial charge >= 0.3 is 0 Å². The minimum Gasteiger partial charge on any atom is -0.508 e. The Balaban J connectivity index is 2.89. The topological polar surface area (TPSA) is 29.5 Å². The van der Waals surface area contributed by atoms with Gasteiger partial charge in [-0.15, -0.1) is 0 Å². The van der Waals surface area contributed by atoms with E-state index in [2.05, 4.69) is 0 Å². The van der Waals surface area contributed by atoms with Gasteiger partial charge in [0.05, 0.1) is 6.61 Å². The van der Waals surface area contributed by atoms with Crippen LogP contribution in [0.3, 0.4) is 0 Å². The average molecular weight is 152 g/mol. The van der Waals surface area contributed by atoms with Gasteiger partial charge in [-0.05, 0) is 31.5 Å². The van der Waals surface area contributed by atoms with Gasteiger partial charge in [-0.3, -0.25) is 0 Å². The van der Waals surface area contributed by atoms with Gasteiger partial charge < -0.3 is 9.84 Å². The van der Waals surface area contributed by atoms with Crippen LogP contribution in [0.2, 0.25) is 0 Å². The fraction of sp³-hybridized carbons (Fsp3) is 0.333. The maximum atomic E-state index is 9.14. The van der Waals surface area contributed by atoms with Crippen molar-refractivity contribution in [2.45, 2.75) is 13.8 Å². The van der Waals surface area contributed by atoms with Gasteiger partial charge in [0, 0.05) is 6.07 Å². The number of benzene rings is 1. The minimum atomic E-state index is 0.258. The largest absolute Gasteiger partial charge is 0.508 e. The van der Waals surface area contributed by atoms with Gasteiger partial charge in [-0.25, -0.2) is 0 Å². The summed E-state index contributed by atoms with van der Waals surface area (Å²) in [5.41, 5.74) is 1.01. The molecule has 0 aliphatic heterocycles. The first kappa shape index (κ1) is 7.92. The van der Waals surface area contributed by atoms with Crippen molar-refractivity contribution in [3.63, 3.8) is 0 Å². The fourth-order valence-corrected chi connectivity index (χ4v) is 0.978. The lowest BCUT2D eigenvalue weighted by Gasteiger charge is -2.03. The molecule has 0 spiro atoms. The molecule has 0 heterocycles. The molecule has 0 saturated carbocycles. The van der Waals surface area contributed by atoms with Crippen LogP contribution in [0, 0.1) is 6.92 Å². The summed E-state index contributed by atoms with van der Waals surface area (Å²) in [6.07, 6.45) is 0. The molecule has 0 aromatic heterocycles. The van der Waals surface area contributed by atoms with Crippen molar-refractivity contribution >= 4 is 0 Å². The van der Waals surface area contributed by atoms with Crippen LogP contribution >= 0.6 is 0 Å². The number of aromatic hydroxyl groups is 1. The van der Waals surface area contributed by atoms with E-state index in [0.717, 1.165) is 11.3 Å². The Morgan fingerprint density at radius 1 is 1.36 bits per heavy atom. The van der Waals surface area contributed by atoms with Crippen molar-refractivity contribution in [1.82, 2.24) is 0 Å². The highest BCUT2D eigenvalue weighted by atomic mass is 16.5. The molecule has 0 aliphatic carbocycles. The van der Waals surface area contributed by atoms with Gasteiger partial charge in [0.1, 0.15) is 11.5 Å². The first-order valence-electron chi connectivity index (χ1n) is 3.66. The third-order valence-electron chi connectivity index (χ3n) is 1.35. The molecule has 0 unspecified atom stereocenters. The molecule has 1 aromatic rings. The van der Waals surface area contributed by atoms with E-state index in [0.29, 0.717) is 6.61 Å². The highest BCUT2D eigenvalue weighted by molar-refractivity contribution is 5.36. The van der Waals surface area contributed by atoms with Gasteiger partial charge in [-0.1, -0.05) is 0 Å². The molecule has 0 saturated heterocycles. The van der Waals surface area contributed by atoms with Crippen LogP contribution in [-0.2, 0) is 0 Å². The van der Waals surface area contributed by atoms with Crippen molar-refractivity contribution in [1.29, 1.82) is 0 Å². The lowest BCUT2D eigenvalue weighted by atomic mass is 10.2.